The third kappa shape index (κ3) is 4.86. The average Bonchev–Trinajstić information content (AvgIpc) is 2.68. The lowest BCUT2D eigenvalue weighted by Gasteiger charge is -2.30. The minimum atomic E-state index is -0.0352. The molecule has 1 N–H and O–H groups in total. The van der Waals surface area contributed by atoms with Crippen LogP contribution in [0.25, 0.3) is 0 Å². The number of aromatic nitrogens is 1. The zero-order valence-electron chi connectivity index (χ0n) is 13.2. The van der Waals surface area contributed by atoms with Gasteiger partial charge in [0, 0.05) is 18.5 Å². The Morgan fingerprint density at radius 2 is 2.05 bits per heavy atom. The van der Waals surface area contributed by atoms with Gasteiger partial charge in [0.1, 0.15) is 5.01 Å². The van der Waals surface area contributed by atoms with Crippen LogP contribution in [0.1, 0.15) is 49.2 Å². The Morgan fingerprint density at radius 3 is 2.53 bits per heavy atom. The molecule has 0 spiro atoms. The van der Waals surface area contributed by atoms with Crippen molar-refractivity contribution in [3.05, 3.63) is 15.6 Å². The van der Waals surface area contributed by atoms with Crippen molar-refractivity contribution in [2.24, 2.45) is 5.92 Å². The summed E-state index contributed by atoms with van der Waals surface area (Å²) in [7, 11) is 1.74. The summed E-state index contributed by atoms with van der Waals surface area (Å²) in [5.41, 5.74) is 1.12. The quantitative estimate of drug-likeness (QED) is 0.740. The van der Waals surface area contributed by atoms with Gasteiger partial charge in [-0.3, -0.25) is 0 Å². The first-order valence-corrected chi connectivity index (χ1v) is 7.89. The van der Waals surface area contributed by atoms with Crippen LogP contribution in [0.2, 0.25) is 0 Å². The molecule has 0 amide bonds. The highest BCUT2D eigenvalue weighted by Crippen LogP contribution is 2.32. The summed E-state index contributed by atoms with van der Waals surface area (Å²) in [4.78, 5) is 6.07. The molecule has 0 aromatic carbocycles. The van der Waals surface area contributed by atoms with Crippen LogP contribution in [-0.4, -0.2) is 25.2 Å². The summed E-state index contributed by atoms with van der Waals surface area (Å²) in [6.45, 7) is 12.6. The number of nitrogens with one attached hydrogen (secondary N) is 1. The molecule has 0 aliphatic carbocycles. The molecular weight excluding hydrogens is 256 g/mol. The molecule has 0 radical (unpaired) electrons. The van der Waals surface area contributed by atoms with Crippen LogP contribution in [0.5, 0.6) is 0 Å². The Kier molecular flexibility index (Phi) is 6.43. The van der Waals surface area contributed by atoms with Crippen LogP contribution in [0, 0.1) is 19.8 Å². The van der Waals surface area contributed by atoms with E-state index in [4.69, 9.17) is 9.72 Å². The normalized spacial score (nSPS) is 14.9. The molecule has 0 bridgehead atoms. The molecular formula is C15H28N2OS. The fraction of sp³-hybridized carbons (Fsp3) is 0.800. The van der Waals surface area contributed by atoms with E-state index in [0.29, 0.717) is 5.92 Å². The molecule has 3 nitrogen and oxygen atoms in total. The standard InChI is InChI=1S/C15H28N2OS/c1-11(2)7-8-15(5,16-9-10-18-6)14-17-12(3)13(4)19-14/h11,16H,7-10H2,1-6H3. The first kappa shape index (κ1) is 16.6. The van der Waals surface area contributed by atoms with E-state index >= 15 is 0 Å². The Morgan fingerprint density at radius 1 is 1.37 bits per heavy atom. The predicted molar refractivity (Wildman–Crippen MR) is 82.9 cm³/mol. The highest BCUT2D eigenvalue weighted by Gasteiger charge is 2.29. The summed E-state index contributed by atoms with van der Waals surface area (Å²) < 4.78 is 5.15. The van der Waals surface area contributed by atoms with Crippen molar-refractivity contribution >= 4 is 11.3 Å². The third-order valence-electron chi connectivity index (χ3n) is 3.54. The van der Waals surface area contributed by atoms with Gasteiger partial charge in [-0.1, -0.05) is 13.8 Å². The van der Waals surface area contributed by atoms with Crippen LogP contribution in [0.4, 0.5) is 0 Å². The van der Waals surface area contributed by atoms with Crippen LogP contribution in [0.3, 0.4) is 0 Å². The van der Waals surface area contributed by atoms with Gasteiger partial charge in [-0.05, 0) is 39.5 Å². The lowest BCUT2D eigenvalue weighted by molar-refractivity contribution is 0.182. The van der Waals surface area contributed by atoms with Crippen LogP contribution in [-0.2, 0) is 10.3 Å². The minimum absolute atomic E-state index is 0.0352. The van der Waals surface area contributed by atoms with Crippen molar-refractivity contribution in [2.75, 3.05) is 20.3 Å². The van der Waals surface area contributed by atoms with E-state index in [1.807, 2.05) is 11.3 Å². The number of ether oxygens (including phenoxy) is 1. The van der Waals surface area contributed by atoms with Gasteiger partial charge < -0.3 is 10.1 Å². The third-order valence-corrected chi connectivity index (χ3v) is 4.88. The van der Waals surface area contributed by atoms with Gasteiger partial charge in [0.25, 0.3) is 0 Å². The summed E-state index contributed by atoms with van der Waals surface area (Å²) >= 11 is 1.82. The Bertz CT molecular complexity index is 370. The summed E-state index contributed by atoms with van der Waals surface area (Å²) in [6.07, 6.45) is 2.31. The Labute approximate surface area is 121 Å². The molecule has 0 saturated carbocycles. The summed E-state index contributed by atoms with van der Waals surface area (Å²) in [5, 5.41) is 4.84. The van der Waals surface area contributed by atoms with E-state index in [9.17, 15) is 0 Å². The van der Waals surface area contributed by atoms with Crippen molar-refractivity contribution in [1.82, 2.24) is 10.3 Å². The van der Waals surface area contributed by atoms with Crippen LogP contribution < -0.4 is 5.32 Å². The van der Waals surface area contributed by atoms with Crippen LogP contribution >= 0.6 is 11.3 Å². The highest BCUT2D eigenvalue weighted by atomic mass is 32.1. The van der Waals surface area contributed by atoms with Gasteiger partial charge in [0.05, 0.1) is 17.8 Å². The van der Waals surface area contributed by atoms with Gasteiger partial charge in [0.2, 0.25) is 0 Å². The fourth-order valence-electron chi connectivity index (χ4n) is 1.99. The largest absolute Gasteiger partial charge is 0.383 e. The number of nitrogens with zero attached hydrogens (tertiary/aromatic N) is 1. The van der Waals surface area contributed by atoms with E-state index in [1.165, 1.54) is 16.3 Å². The van der Waals surface area contributed by atoms with E-state index in [2.05, 4.69) is 39.9 Å². The molecule has 110 valence electrons. The second-order valence-electron chi connectivity index (χ2n) is 5.84. The molecule has 1 aromatic heterocycles. The molecule has 1 heterocycles. The maximum Gasteiger partial charge on any atom is 0.113 e. The number of hydrogen-bond donors (Lipinski definition) is 1. The van der Waals surface area contributed by atoms with Crippen LogP contribution in [0.15, 0.2) is 0 Å². The number of methoxy groups -OCH3 is 1. The molecule has 0 aliphatic rings. The van der Waals surface area contributed by atoms with Crippen molar-refractivity contribution < 1.29 is 4.74 Å². The summed E-state index contributed by atoms with van der Waals surface area (Å²) in [6, 6.07) is 0. The molecule has 19 heavy (non-hydrogen) atoms. The molecule has 1 atom stereocenters. The van der Waals surface area contributed by atoms with Gasteiger partial charge >= 0.3 is 0 Å². The van der Waals surface area contributed by atoms with E-state index < -0.39 is 0 Å². The molecule has 0 aliphatic heterocycles. The fourth-order valence-corrected chi connectivity index (χ4v) is 3.05. The molecule has 1 unspecified atom stereocenters. The predicted octanol–water partition coefficient (Wildman–Crippen LogP) is 3.65. The zero-order chi connectivity index (χ0) is 14.5. The Balaban J connectivity index is 2.83. The topological polar surface area (TPSA) is 34.1 Å². The molecule has 0 saturated heterocycles. The lowest BCUT2D eigenvalue weighted by Crippen LogP contribution is -2.41. The van der Waals surface area contributed by atoms with E-state index in [-0.39, 0.29) is 5.54 Å². The molecule has 1 rings (SSSR count). The van der Waals surface area contributed by atoms with Crippen molar-refractivity contribution in [2.45, 2.75) is 53.0 Å². The van der Waals surface area contributed by atoms with Gasteiger partial charge in [-0.2, -0.15) is 0 Å². The van der Waals surface area contributed by atoms with Gasteiger partial charge in [-0.25, -0.2) is 4.98 Å². The second kappa shape index (κ2) is 7.36. The zero-order valence-corrected chi connectivity index (χ0v) is 14.0. The first-order chi connectivity index (χ1) is 8.89. The second-order valence-corrected chi connectivity index (χ2v) is 7.05. The number of hydrogen-bond acceptors (Lipinski definition) is 4. The van der Waals surface area contributed by atoms with Crippen molar-refractivity contribution in [3.63, 3.8) is 0 Å². The monoisotopic (exact) mass is 284 g/mol. The van der Waals surface area contributed by atoms with Gasteiger partial charge in [0.15, 0.2) is 0 Å². The smallest absolute Gasteiger partial charge is 0.113 e. The minimum Gasteiger partial charge on any atom is -0.383 e. The lowest BCUT2D eigenvalue weighted by atomic mass is 9.92. The van der Waals surface area contributed by atoms with Gasteiger partial charge in [-0.15, -0.1) is 11.3 Å². The molecule has 0 fully saturated rings. The molecule has 1 aromatic rings. The SMILES string of the molecule is COCCNC(C)(CCC(C)C)c1nc(C)c(C)s1. The van der Waals surface area contributed by atoms with Crippen molar-refractivity contribution in [1.29, 1.82) is 0 Å². The number of aryl methyl sites for hydroxylation is 2. The maximum atomic E-state index is 5.15. The number of thiazole rings is 1. The summed E-state index contributed by atoms with van der Waals surface area (Å²) in [5.74, 6) is 0.714. The number of rotatable bonds is 8. The van der Waals surface area contributed by atoms with E-state index in [1.54, 1.807) is 7.11 Å². The Hall–Kier alpha value is -0.450. The molecule has 4 heteroatoms. The van der Waals surface area contributed by atoms with Crippen molar-refractivity contribution in [3.8, 4) is 0 Å². The van der Waals surface area contributed by atoms with E-state index in [0.717, 1.165) is 25.3 Å². The first-order valence-electron chi connectivity index (χ1n) is 7.07. The average molecular weight is 284 g/mol. The maximum absolute atomic E-state index is 5.15. The highest BCUT2D eigenvalue weighted by molar-refractivity contribution is 7.11.